The van der Waals surface area contributed by atoms with Gasteiger partial charge < -0.3 is 5.11 Å². The fourth-order valence-electron chi connectivity index (χ4n) is 1.56. The van der Waals surface area contributed by atoms with Gasteiger partial charge in [0, 0.05) is 13.2 Å². The molecule has 0 bridgehead atoms. The number of rotatable bonds is 4. The van der Waals surface area contributed by atoms with Gasteiger partial charge in [0.2, 0.25) is 0 Å². The van der Waals surface area contributed by atoms with Crippen molar-refractivity contribution in [3.63, 3.8) is 0 Å². The van der Waals surface area contributed by atoms with Crippen molar-refractivity contribution in [2.24, 2.45) is 7.05 Å². The molecule has 106 valence electrons. The molecule has 0 radical (unpaired) electrons. The summed E-state index contributed by atoms with van der Waals surface area (Å²) in [5.41, 5.74) is -0.376. The summed E-state index contributed by atoms with van der Waals surface area (Å²) < 4.78 is 27.6. The van der Waals surface area contributed by atoms with E-state index in [1.54, 1.807) is 0 Å². The number of carbonyl (C=O) groups is 1. The minimum atomic E-state index is -4.07. The summed E-state index contributed by atoms with van der Waals surface area (Å²) in [4.78, 5) is 14.7. The first-order valence-corrected chi connectivity index (χ1v) is 7.06. The first kappa shape index (κ1) is 14.3. The smallest absolute Gasteiger partial charge is 0.337 e. The predicted octanol–water partition coefficient (Wildman–Crippen LogP) is 0.967. The molecule has 0 saturated heterocycles. The number of carboxylic acids is 1. The van der Waals surface area contributed by atoms with E-state index in [0.29, 0.717) is 0 Å². The zero-order valence-corrected chi connectivity index (χ0v) is 11.7. The average molecular weight is 317 g/mol. The van der Waals surface area contributed by atoms with Crippen molar-refractivity contribution in [1.29, 1.82) is 0 Å². The lowest BCUT2D eigenvalue weighted by atomic mass is 10.2. The molecule has 0 aliphatic heterocycles. The van der Waals surface area contributed by atoms with Crippen molar-refractivity contribution in [2.45, 2.75) is 5.03 Å². The van der Waals surface area contributed by atoms with Crippen LogP contribution in [0.5, 0.6) is 0 Å². The second kappa shape index (κ2) is 5.10. The highest BCUT2D eigenvalue weighted by molar-refractivity contribution is 7.92. The number of halogens is 1. The van der Waals surface area contributed by atoms with Crippen molar-refractivity contribution < 1.29 is 18.3 Å². The molecule has 0 spiro atoms. The summed E-state index contributed by atoms with van der Waals surface area (Å²) in [6.45, 7) is 0. The molecule has 2 aromatic heterocycles. The fraction of sp³-hybridized carbons (Fsp3) is 0.100. The Bertz CT molecular complexity index is 752. The van der Waals surface area contributed by atoms with Crippen LogP contribution in [0.2, 0.25) is 5.02 Å². The molecule has 2 aromatic rings. The van der Waals surface area contributed by atoms with E-state index >= 15 is 0 Å². The van der Waals surface area contributed by atoms with Crippen molar-refractivity contribution in [3.05, 3.63) is 35.2 Å². The third-order valence-corrected chi connectivity index (χ3v) is 4.26. The monoisotopic (exact) mass is 316 g/mol. The Kier molecular flexibility index (Phi) is 3.64. The van der Waals surface area contributed by atoms with Gasteiger partial charge in [-0.1, -0.05) is 11.6 Å². The maximum Gasteiger partial charge on any atom is 0.337 e. The lowest BCUT2D eigenvalue weighted by molar-refractivity contribution is 0.0698. The molecule has 8 nitrogen and oxygen atoms in total. The second-order valence-corrected chi connectivity index (χ2v) is 5.76. The number of carboxylic acid groups (broad SMARTS) is 1. The molecule has 0 atom stereocenters. The number of aromatic carboxylic acids is 1. The van der Waals surface area contributed by atoms with Crippen LogP contribution in [0.25, 0.3) is 0 Å². The molecule has 0 saturated carbocycles. The summed E-state index contributed by atoms with van der Waals surface area (Å²) in [7, 11) is -2.67. The SMILES string of the molecule is Cn1ncc(Cl)c1S(=O)(=O)Nc1cnccc1C(=O)O. The number of pyridine rings is 1. The van der Waals surface area contributed by atoms with E-state index in [0.717, 1.165) is 10.9 Å². The molecule has 2 rings (SSSR count). The molecule has 0 fully saturated rings. The van der Waals surface area contributed by atoms with Crippen molar-refractivity contribution in [1.82, 2.24) is 14.8 Å². The Morgan fingerprint density at radius 1 is 1.45 bits per heavy atom. The highest BCUT2D eigenvalue weighted by atomic mass is 35.5. The van der Waals surface area contributed by atoms with Crippen LogP contribution in [0.4, 0.5) is 5.69 Å². The van der Waals surface area contributed by atoms with E-state index in [9.17, 15) is 13.2 Å². The number of anilines is 1. The normalized spacial score (nSPS) is 11.3. The van der Waals surface area contributed by atoms with Gasteiger partial charge in [-0.15, -0.1) is 0 Å². The highest BCUT2D eigenvalue weighted by Gasteiger charge is 2.24. The maximum atomic E-state index is 12.2. The van der Waals surface area contributed by atoms with Gasteiger partial charge in [-0.3, -0.25) is 14.4 Å². The van der Waals surface area contributed by atoms with Crippen LogP contribution in [0.1, 0.15) is 10.4 Å². The minimum absolute atomic E-state index is 0.0687. The third-order valence-electron chi connectivity index (χ3n) is 2.39. The Morgan fingerprint density at radius 3 is 2.70 bits per heavy atom. The van der Waals surface area contributed by atoms with Crippen LogP contribution in [-0.2, 0) is 17.1 Å². The van der Waals surface area contributed by atoms with Gasteiger partial charge in [0.15, 0.2) is 5.03 Å². The fourth-order valence-corrected chi connectivity index (χ4v) is 3.28. The molecule has 10 heteroatoms. The van der Waals surface area contributed by atoms with Crippen LogP contribution in [0, 0.1) is 0 Å². The zero-order valence-electron chi connectivity index (χ0n) is 10.1. The van der Waals surface area contributed by atoms with E-state index in [2.05, 4.69) is 14.8 Å². The lowest BCUT2D eigenvalue weighted by Gasteiger charge is -2.10. The predicted molar refractivity (Wildman–Crippen MR) is 70.2 cm³/mol. The van der Waals surface area contributed by atoms with Crippen molar-refractivity contribution in [3.8, 4) is 0 Å². The highest BCUT2D eigenvalue weighted by Crippen LogP contribution is 2.24. The second-order valence-electron chi connectivity index (χ2n) is 3.75. The number of sulfonamides is 1. The number of hydrogen-bond donors (Lipinski definition) is 2. The van der Waals surface area contributed by atoms with Crippen LogP contribution in [0.15, 0.2) is 29.7 Å². The number of hydrogen-bond acceptors (Lipinski definition) is 5. The average Bonchev–Trinajstić information content (AvgIpc) is 2.69. The summed E-state index contributed by atoms with van der Waals surface area (Å²) >= 11 is 5.76. The standard InChI is InChI=1S/C10H9ClN4O4S/c1-15-9(7(11)4-13-15)20(18,19)14-8-5-12-3-2-6(8)10(16)17/h2-5,14H,1H3,(H,16,17). The topological polar surface area (TPSA) is 114 Å². The van der Waals surface area contributed by atoms with E-state index in [1.165, 1.54) is 25.5 Å². The van der Waals surface area contributed by atoms with E-state index in [-0.39, 0.29) is 21.3 Å². The molecule has 20 heavy (non-hydrogen) atoms. The molecule has 2 N–H and O–H groups in total. The zero-order chi connectivity index (χ0) is 14.9. The van der Waals surface area contributed by atoms with Gasteiger partial charge in [-0.2, -0.15) is 13.5 Å². The van der Waals surface area contributed by atoms with E-state index < -0.39 is 16.0 Å². The van der Waals surface area contributed by atoms with Gasteiger partial charge in [0.25, 0.3) is 10.0 Å². The van der Waals surface area contributed by atoms with Gasteiger partial charge >= 0.3 is 5.97 Å². The first-order valence-electron chi connectivity index (χ1n) is 5.20. The quantitative estimate of drug-likeness (QED) is 0.868. The molecule has 0 aromatic carbocycles. The first-order chi connectivity index (χ1) is 9.33. The van der Waals surface area contributed by atoms with Gasteiger partial charge in [-0.25, -0.2) is 4.79 Å². The Balaban J connectivity index is 2.47. The van der Waals surface area contributed by atoms with Gasteiger partial charge in [0.1, 0.15) is 0 Å². The molecule has 2 heterocycles. The summed E-state index contributed by atoms with van der Waals surface area (Å²) in [5.74, 6) is -1.28. The molecular formula is C10H9ClN4O4S. The summed E-state index contributed by atoms with van der Waals surface area (Å²) in [5, 5.41) is 12.4. The summed E-state index contributed by atoms with van der Waals surface area (Å²) in [6, 6.07) is 1.19. The maximum absolute atomic E-state index is 12.2. The largest absolute Gasteiger partial charge is 0.478 e. The third kappa shape index (κ3) is 2.58. The van der Waals surface area contributed by atoms with Gasteiger partial charge in [0.05, 0.1) is 28.7 Å². The number of aromatic nitrogens is 3. The Morgan fingerprint density at radius 2 is 2.15 bits per heavy atom. The molecular weight excluding hydrogens is 308 g/mol. The lowest BCUT2D eigenvalue weighted by Crippen LogP contribution is -2.19. The molecule has 0 aliphatic rings. The van der Waals surface area contributed by atoms with Crippen molar-refractivity contribution in [2.75, 3.05) is 4.72 Å². The van der Waals surface area contributed by atoms with Gasteiger partial charge in [-0.05, 0) is 6.07 Å². The van der Waals surface area contributed by atoms with Crippen LogP contribution >= 0.6 is 11.6 Å². The molecule has 0 unspecified atom stereocenters. The van der Waals surface area contributed by atoms with E-state index in [1.807, 2.05) is 0 Å². The van der Waals surface area contributed by atoms with Crippen molar-refractivity contribution >= 4 is 33.3 Å². The Labute approximate surface area is 119 Å². The Hall–Kier alpha value is -2.13. The molecule has 0 amide bonds. The minimum Gasteiger partial charge on any atom is -0.478 e. The van der Waals surface area contributed by atoms with Crippen LogP contribution in [0.3, 0.4) is 0 Å². The number of aryl methyl sites for hydroxylation is 1. The summed E-state index contributed by atoms with van der Waals surface area (Å²) in [6.07, 6.45) is 3.53. The number of nitrogens with one attached hydrogen (secondary N) is 1. The molecule has 0 aliphatic carbocycles. The van der Waals surface area contributed by atoms with Crippen LogP contribution in [-0.4, -0.2) is 34.3 Å². The number of nitrogens with zero attached hydrogens (tertiary/aromatic N) is 3. The van der Waals surface area contributed by atoms with Crippen LogP contribution < -0.4 is 4.72 Å². The van der Waals surface area contributed by atoms with E-state index in [4.69, 9.17) is 16.7 Å².